The van der Waals surface area contributed by atoms with E-state index in [9.17, 15) is 18.7 Å². The Morgan fingerprint density at radius 1 is 1.08 bits per heavy atom. The van der Waals surface area contributed by atoms with E-state index in [1.807, 2.05) is 37.3 Å². The van der Waals surface area contributed by atoms with Crippen LogP contribution in [-0.4, -0.2) is 40.0 Å². The van der Waals surface area contributed by atoms with E-state index < -0.39 is 29.1 Å². The summed E-state index contributed by atoms with van der Waals surface area (Å²) < 4.78 is 40.3. The van der Waals surface area contributed by atoms with Gasteiger partial charge in [0, 0.05) is 38.6 Å². The molecular weight excluding hydrogens is 492 g/mol. The van der Waals surface area contributed by atoms with Gasteiger partial charge in [-0.25, -0.2) is 8.78 Å². The number of hydrogen-bond acceptors (Lipinski definition) is 6. The third-order valence-corrected chi connectivity index (χ3v) is 6.27. The van der Waals surface area contributed by atoms with E-state index in [1.165, 1.54) is 11.7 Å². The Hall–Kier alpha value is -3.95. The summed E-state index contributed by atoms with van der Waals surface area (Å²) in [5, 5.41) is 10.8. The third-order valence-electron chi connectivity index (χ3n) is 6.27. The van der Waals surface area contributed by atoms with Crippen LogP contribution in [0.25, 0.3) is 11.1 Å². The summed E-state index contributed by atoms with van der Waals surface area (Å²) in [5.41, 5.74) is 3.55. The predicted octanol–water partition coefficient (Wildman–Crippen LogP) is 4.96. The second kappa shape index (κ2) is 12.1. The number of aromatic nitrogens is 3. The summed E-state index contributed by atoms with van der Waals surface area (Å²) in [5.74, 6) is -1.86. The molecule has 0 aliphatic heterocycles. The molecule has 4 aromatic rings. The number of benzene rings is 2. The first-order valence-electron chi connectivity index (χ1n) is 12.2. The summed E-state index contributed by atoms with van der Waals surface area (Å²) in [4.78, 5) is 22.2. The molecule has 0 unspecified atom stereocenters. The lowest BCUT2D eigenvalue weighted by atomic mass is 9.99. The molecule has 38 heavy (non-hydrogen) atoms. The number of halogens is 2. The van der Waals surface area contributed by atoms with E-state index in [-0.39, 0.29) is 36.6 Å². The van der Waals surface area contributed by atoms with E-state index in [4.69, 9.17) is 9.47 Å². The molecule has 2 heterocycles. The van der Waals surface area contributed by atoms with Gasteiger partial charge in [-0.1, -0.05) is 24.3 Å². The number of methoxy groups -OCH3 is 1. The lowest BCUT2D eigenvalue weighted by Gasteiger charge is -2.24. The molecule has 0 radical (unpaired) electrons. The molecule has 0 spiro atoms. The van der Waals surface area contributed by atoms with Crippen molar-refractivity contribution in [1.29, 1.82) is 0 Å². The van der Waals surface area contributed by atoms with Gasteiger partial charge in [0.25, 0.3) is 5.56 Å². The highest BCUT2D eigenvalue weighted by atomic mass is 19.1. The summed E-state index contributed by atoms with van der Waals surface area (Å²) in [7, 11) is 1.43. The van der Waals surface area contributed by atoms with Gasteiger partial charge in [-0.15, -0.1) is 0 Å². The normalized spacial score (nSPS) is 12.0. The van der Waals surface area contributed by atoms with Gasteiger partial charge >= 0.3 is 0 Å². The predicted molar refractivity (Wildman–Crippen MR) is 139 cm³/mol. The smallest absolute Gasteiger partial charge is 0.261 e. The van der Waals surface area contributed by atoms with E-state index in [0.717, 1.165) is 40.5 Å². The zero-order valence-corrected chi connectivity index (χ0v) is 21.4. The molecule has 0 saturated carbocycles. The number of rotatable bonds is 10. The minimum Gasteiger partial charge on any atom is -0.493 e. The maximum absolute atomic E-state index is 14.1. The maximum Gasteiger partial charge on any atom is 0.261 e. The lowest BCUT2D eigenvalue weighted by Crippen LogP contribution is -2.34. The van der Waals surface area contributed by atoms with Crippen molar-refractivity contribution < 1.29 is 23.4 Å². The van der Waals surface area contributed by atoms with Gasteiger partial charge < -0.3 is 14.6 Å². The molecule has 0 bridgehead atoms. The number of ether oxygens (including phenoxy) is 2. The summed E-state index contributed by atoms with van der Waals surface area (Å²) >= 11 is 0. The van der Waals surface area contributed by atoms with E-state index >= 15 is 0 Å². The molecule has 1 N–H and O–H groups in total. The fraction of sp³-hybridized carbons (Fsp3) is 0.276. The summed E-state index contributed by atoms with van der Waals surface area (Å²) in [6, 6.07) is 11.7. The molecule has 9 heteroatoms. The SMILES string of the molecule is CCOCc1nc(O)c(Cc2ccc(-c3ccncc3C)cc2)c(=O)n1[C@@H](COC)c1cc(F)cc(F)c1. The minimum atomic E-state index is -0.906. The molecule has 198 valence electrons. The van der Waals surface area contributed by atoms with Crippen molar-refractivity contribution in [3.8, 4) is 17.0 Å². The first-order valence-corrected chi connectivity index (χ1v) is 12.2. The molecule has 2 aromatic carbocycles. The Morgan fingerprint density at radius 3 is 2.42 bits per heavy atom. The Balaban J connectivity index is 1.78. The molecule has 1 atom stereocenters. The van der Waals surface area contributed by atoms with Gasteiger partial charge in [-0.3, -0.25) is 14.3 Å². The van der Waals surface area contributed by atoms with Crippen molar-refractivity contribution in [3.63, 3.8) is 0 Å². The highest BCUT2D eigenvalue weighted by molar-refractivity contribution is 5.66. The first-order chi connectivity index (χ1) is 18.3. The zero-order valence-electron chi connectivity index (χ0n) is 21.4. The molecule has 4 rings (SSSR count). The van der Waals surface area contributed by atoms with Crippen molar-refractivity contribution >= 4 is 0 Å². The Bertz CT molecular complexity index is 1450. The first kappa shape index (κ1) is 27.1. The van der Waals surface area contributed by atoms with Gasteiger partial charge in [0.15, 0.2) is 0 Å². The second-order valence-corrected chi connectivity index (χ2v) is 8.88. The van der Waals surface area contributed by atoms with E-state index in [0.29, 0.717) is 6.61 Å². The number of nitrogens with zero attached hydrogens (tertiary/aromatic N) is 3. The zero-order chi connectivity index (χ0) is 27.2. The molecule has 0 saturated heterocycles. The molecular formula is C29H29F2N3O4. The number of aromatic hydroxyl groups is 1. The van der Waals surface area contributed by atoms with Crippen LogP contribution in [0.4, 0.5) is 8.78 Å². The van der Waals surface area contributed by atoms with Crippen molar-refractivity contribution in [2.24, 2.45) is 0 Å². The average molecular weight is 522 g/mol. The fourth-order valence-corrected chi connectivity index (χ4v) is 4.42. The highest BCUT2D eigenvalue weighted by Crippen LogP contribution is 2.26. The van der Waals surface area contributed by atoms with Crippen LogP contribution >= 0.6 is 0 Å². The summed E-state index contributed by atoms with van der Waals surface area (Å²) in [6.07, 6.45) is 3.62. The molecule has 2 aromatic heterocycles. The second-order valence-electron chi connectivity index (χ2n) is 8.88. The van der Waals surface area contributed by atoms with E-state index in [2.05, 4.69) is 9.97 Å². The van der Waals surface area contributed by atoms with Gasteiger partial charge in [-0.05, 0) is 59.9 Å². The van der Waals surface area contributed by atoms with Crippen LogP contribution in [-0.2, 0) is 22.5 Å². The van der Waals surface area contributed by atoms with Gasteiger partial charge in [0.2, 0.25) is 5.88 Å². The lowest BCUT2D eigenvalue weighted by molar-refractivity contribution is 0.116. The topological polar surface area (TPSA) is 86.5 Å². The Kier molecular flexibility index (Phi) is 8.60. The number of pyridine rings is 1. The monoisotopic (exact) mass is 521 g/mol. The summed E-state index contributed by atoms with van der Waals surface area (Å²) in [6.45, 7) is 3.95. The van der Waals surface area contributed by atoms with Crippen molar-refractivity contribution in [1.82, 2.24) is 14.5 Å². The average Bonchev–Trinajstić information content (AvgIpc) is 2.89. The van der Waals surface area contributed by atoms with Crippen LogP contribution in [0.3, 0.4) is 0 Å². The Morgan fingerprint density at radius 2 is 1.79 bits per heavy atom. The standard InChI is InChI=1S/C29H29F2N3O4/c1-4-38-17-27-33-28(35)25(11-19-5-7-20(8-6-19)24-9-10-32-15-18(24)2)29(36)34(27)26(16-37-3)21-12-22(30)14-23(31)13-21/h5-10,12-15,26,35H,4,11,16-17H2,1-3H3/t26-/m0/s1. The number of hydrogen-bond donors (Lipinski definition) is 1. The van der Waals surface area contributed by atoms with Gasteiger partial charge in [-0.2, -0.15) is 4.98 Å². The quantitative estimate of drug-likeness (QED) is 0.318. The van der Waals surface area contributed by atoms with Gasteiger partial charge in [0.05, 0.1) is 18.2 Å². The highest BCUT2D eigenvalue weighted by Gasteiger charge is 2.25. The molecule has 0 aliphatic carbocycles. The molecule has 0 fully saturated rings. The van der Waals surface area contributed by atoms with Crippen LogP contribution in [0.15, 0.2) is 65.7 Å². The van der Waals surface area contributed by atoms with E-state index in [1.54, 1.807) is 19.3 Å². The Labute approximate surface area is 219 Å². The van der Waals surface area contributed by atoms with Crippen LogP contribution in [0.2, 0.25) is 0 Å². The fourth-order valence-electron chi connectivity index (χ4n) is 4.42. The molecule has 0 amide bonds. The van der Waals surface area contributed by atoms with Crippen molar-refractivity contribution in [2.75, 3.05) is 20.3 Å². The van der Waals surface area contributed by atoms with Gasteiger partial charge in [0.1, 0.15) is 24.1 Å². The molecule has 7 nitrogen and oxygen atoms in total. The van der Waals surface area contributed by atoms with Crippen molar-refractivity contribution in [2.45, 2.75) is 32.9 Å². The molecule has 0 aliphatic rings. The largest absolute Gasteiger partial charge is 0.493 e. The third kappa shape index (κ3) is 5.95. The number of aryl methyl sites for hydroxylation is 1. The van der Waals surface area contributed by atoms with Crippen LogP contribution in [0, 0.1) is 18.6 Å². The maximum atomic E-state index is 14.1. The van der Waals surface area contributed by atoms with Crippen molar-refractivity contribution in [3.05, 3.63) is 111 Å². The van der Waals surface area contributed by atoms with Crippen LogP contribution in [0.1, 0.15) is 41.0 Å². The van der Waals surface area contributed by atoms with Crippen LogP contribution < -0.4 is 5.56 Å². The minimum absolute atomic E-state index is 0.0519. The van der Waals surface area contributed by atoms with Crippen LogP contribution in [0.5, 0.6) is 5.88 Å².